The van der Waals surface area contributed by atoms with E-state index in [9.17, 15) is 9.90 Å². The molecule has 1 aliphatic carbocycles. The molecule has 2 rings (SSSR count). The number of rotatable bonds is 24. The molecular formula is C35H65ClO5. The van der Waals surface area contributed by atoms with Gasteiger partial charge < -0.3 is 19.3 Å². The number of carbonyl (C=O) groups is 1. The third kappa shape index (κ3) is 13.4. The Kier molecular flexibility index (Phi) is 18.5. The Morgan fingerprint density at radius 2 is 1.61 bits per heavy atom. The molecule has 41 heavy (non-hydrogen) atoms. The van der Waals surface area contributed by atoms with Gasteiger partial charge in [0.2, 0.25) is 0 Å². The van der Waals surface area contributed by atoms with Gasteiger partial charge in [-0.3, -0.25) is 4.79 Å². The van der Waals surface area contributed by atoms with E-state index in [2.05, 4.69) is 27.7 Å². The molecule has 6 heteroatoms. The van der Waals surface area contributed by atoms with Crippen LogP contribution in [-0.2, 0) is 19.0 Å². The molecule has 0 amide bonds. The average molecular weight is 601 g/mol. The summed E-state index contributed by atoms with van der Waals surface area (Å²) in [5.41, 5.74) is -0.0408. The predicted octanol–water partition coefficient (Wildman–Crippen LogP) is 9.75. The molecule has 0 bridgehead atoms. The van der Waals surface area contributed by atoms with E-state index in [4.69, 9.17) is 25.8 Å². The summed E-state index contributed by atoms with van der Waals surface area (Å²) in [6.07, 6.45) is 22.8. The van der Waals surface area contributed by atoms with E-state index < -0.39 is 5.79 Å². The third-order valence-corrected chi connectivity index (χ3v) is 10.2. The van der Waals surface area contributed by atoms with Crippen LogP contribution in [0.4, 0.5) is 0 Å². The fraction of sp³-hybridized carbons (Fsp3) is 0.971. The van der Waals surface area contributed by atoms with Gasteiger partial charge in [-0.05, 0) is 56.3 Å². The smallest absolute Gasteiger partial charge is 0.305 e. The normalized spacial score (nSPS) is 25.3. The van der Waals surface area contributed by atoms with Crippen molar-refractivity contribution in [3.8, 4) is 0 Å². The van der Waals surface area contributed by atoms with Crippen LogP contribution in [0.3, 0.4) is 0 Å². The van der Waals surface area contributed by atoms with E-state index >= 15 is 0 Å². The molecule has 5 atom stereocenters. The first-order chi connectivity index (χ1) is 19.8. The first-order valence-corrected chi connectivity index (χ1v) is 18.0. The van der Waals surface area contributed by atoms with Crippen LogP contribution in [0.15, 0.2) is 0 Å². The highest BCUT2D eigenvalue weighted by Gasteiger charge is 2.54. The molecule has 1 N–H and O–H groups in total. The standard InChI is InChI=1S/C35H65ClO5/c1-5-7-9-10-11-12-15-18-26-39-33(38)20-17-14-13-16-19-31-29(21-22-32(37)34(3,4)24-8-6-2)23-25-35(31)40-28-30(27-36)41-35/h29-32,37H,5-28H2,1-4H3/t29-,30?,31+,32-,35?/m0/s1. The van der Waals surface area contributed by atoms with Crippen molar-refractivity contribution in [3.63, 3.8) is 0 Å². The Labute approximate surface area is 258 Å². The van der Waals surface area contributed by atoms with Crippen molar-refractivity contribution in [3.05, 3.63) is 0 Å². The van der Waals surface area contributed by atoms with Crippen LogP contribution in [0.1, 0.15) is 163 Å². The molecule has 2 fully saturated rings. The van der Waals surface area contributed by atoms with Gasteiger partial charge in [-0.1, -0.05) is 105 Å². The Balaban J connectivity index is 1.67. The summed E-state index contributed by atoms with van der Waals surface area (Å²) in [5, 5.41) is 11.0. The van der Waals surface area contributed by atoms with Gasteiger partial charge in [-0.2, -0.15) is 0 Å². The molecule has 5 nitrogen and oxygen atoms in total. The highest BCUT2D eigenvalue weighted by molar-refractivity contribution is 6.18. The quantitative estimate of drug-likeness (QED) is 0.0678. The molecule has 1 saturated carbocycles. The molecule has 1 aliphatic heterocycles. The maximum absolute atomic E-state index is 12.1. The van der Waals surface area contributed by atoms with Crippen LogP contribution in [-0.4, -0.2) is 48.2 Å². The first kappa shape index (κ1) is 36.8. The monoisotopic (exact) mass is 600 g/mol. The van der Waals surface area contributed by atoms with Crippen molar-refractivity contribution < 1.29 is 24.1 Å². The largest absolute Gasteiger partial charge is 0.466 e. The summed E-state index contributed by atoms with van der Waals surface area (Å²) in [6.45, 7) is 10.0. The maximum Gasteiger partial charge on any atom is 0.305 e. The molecular weight excluding hydrogens is 536 g/mol. The Morgan fingerprint density at radius 3 is 2.29 bits per heavy atom. The minimum atomic E-state index is -0.494. The highest BCUT2D eigenvalue weighted by atomic mass is 35.5. The number of aliphatic hydroxyl groups is 1. The number of alkyl halides is 1. The molecule has 1 heterocycles. The van der Waals surface area contributed by atoms with Gasteiger partial charge in [0.05, 0.1) is 31.3 Å². The van der Waals surface area contributed by atoms with E-state index in [1.54, 1.807) is 0 Å². The topological polar surface area (TPSA) is 65.0 Å². The van der Waals surface area contributed by atoms with Gasteiger partial charge in [-0.25, -0.2) is 0 Å². The van der Waals surface area contributed by atoms with Crippen molar-refractivity contribution in [1.29, 1.82) is 0 Å². The van der Waals surface area contributed by atoms with E-state index in [0.29, 0.717) is 37.4 Å². The van der Waals surface area contributed by atoms with Crippen molar-refractivity contribution >= 4 is 17.6 Å². The summed E-state index contributed by atoms with van der Waals surface area (Å²) in [5.74, 6) is 0.790. The molecule has 0 radical (unpaired) electrons. The Hall–Kier alpha value is -0.360. The lowest BCUT2D eigenvalue weighted by Crippen LogP contribution is -2.38. The van der Waals surface area contributed by atoms with Crippen LogP contribution < -0.4 is 0 Å². The zero-order chi connectivity index (χ0) is 30.0. The number of unbranched alkanes of at least 4 members (excludes halogenated alkanes) is 11. The van der Waals surface area contributed by atoms with Crippen molar-refractivity contribution in [1.82, 2.24) is 0 Å². The third-order valence-electron chi connectivity index (χ3n) is 9.84. The van der Waals surface area contributed by atoms with Crippen molar-refractivity contribution in [2.75, 3.05) is 19.1 Å². The average Bonchev–Trinajstić information content (AvgIpc) is 3.54. The molecule has 2 aliphatic rings. The number of hydrogen-bond acceptors (Lipinski definition) is 5. The summed E-state index contributed by atoms with van der Waals surface area (Å²) in [7, 11) is 0. The molecule has 1 saturated heterocycles. The maximum atomic E-state index is 12.1. The number of carbonyl (C=O) groups excluding carboxylic acids is 1. The molecule has 1 spiro atoms. The Bertz CT molecular complexity index is 685. The molecule has 0 aromatic rings. The second-order valence-electron chi connectivity index (χ2n) is 13.8. The molecule has 242 valence electrons. The fourth-order valence-corrected chi connectivity index (χ4v) is 7.11. The van der Waals surface area contributed by atoms with Gasteiger partial charge in [0.1, 0.15) is 0 Å². The second-order valence-corrected chi connectivity index (χ2v) is 14.1. The lowest BCUT2D eigenvalue weighted by Gasteiger charge is -2.35. The summed E-state index contributed by atoms with van der Waals surface area (Å²) < 4.78 is 18.2. The molecule has 0 aromatic carbocycles. The number of esters is 1. The first-order valence-electron chi connectivity index (χ1n) is 17.5. The van der Waals surface area contributed by atoms with E-state index in [-0.39, 0.29) is 23.6 Å². The van der Waals surface area contributed by atoms with Crippen LogP contribution in [0.25, 0.3) is 0 Å². The van der Waals surface area contributed by atoms with Crippen molar-refractivity contribution in [2.24, 2.45) is 17.3 Å². The number of halogens is 1. The van der Waals surface area contributed by atoms with Crippen LogP contribution in [0.5, 0.6) is 0 Å². The SMILES string of the molecule is CCCCCCCCCCOC(=O)CCCCCC[C@@H]1[C@@H](CC[C@H](O)C(C)(C)CCCC)CCC12OCC(CCl)O2. The van der Waals surface area contributed by atoms with Gasteiger partial charge in [0.25, 0.3) is 0 Å². The number of aliphatic hydroxyl groups excluding tert-OH is 1. The summed E-state index contributed by atoms with van der Waals surface area (Å²) >= 11 is 6.13. The number of ether oxygens (including phenoxy) is 3. The van der Waals surface area contributed by atoms with Gasteiger partial charge >= 0.3 is 5.97 Å². The van der Waals surface area contributed by atoms with E-state index in [1.165, 1.54) is 44.9 Å². The molecule has 0 aromatic heterocycles. The zero-order valence-corrected chi connectivity index (χ0v) is 28.0. The highest BCUT2D eigenvalue weighted by Crippen LogP contribution is 2.51. The van der Waals surface area contributed by atoms with Crippen molar-refractivity contribution in [2.45, 2.75) is 181 Å². The fourth-order valence-electron chi connectivity index (χ4n) is 6.96. The van der Waals surface area contributed by atoms with Gasteiger partial charge in [0, 0.05) is 18.8 Å². The lowest BCUT2D eigenvalue weighted by molar-refractivity contribution is -0.196. The van der Waals surface area contributed by atoms with Crippen LogP contribution in [0, 0.1) is 17.3 Å². The second kappa shape index (κ2) is 20.6. The van der Waals surface area contributed by atoms with Gasteiger partial charge in [0.15, 0.2) is 5.79 Å². The number of hydrogen-bond donors (Lipinski definition) is 1. The lowest BCUT2D eigenvalue weighted by atomic mass is 9.77. The van der Waals surface area contributed by atoms with Gasteiger partial charge in [-0.15, -0.1) is 11.6 Å². The van der Waals surface area contributed by atoms with E-state index in [1.807, 2.05) is 0 Å². The molecule has 2 unspecified atom stereocenters. The summed E-state index contributed by atoms with van der Waals surface area (Å²) in [4.78, 5) is 12.1. The zero-order valence-electron chi connectivity index (χ0n) is 27.2. The summed E-state index contributed by atoms with van der Waals surface area (Å²) in [6, 6.07) is 0. The minimum Gasteiger partial charge on any atom is -0.466 e. The van der Waals surface area contributed by atoms with E-state index in [0.717, 1.165) is 83.5 Å². The van der Waals surface area contributed by atoms with Crippen LogP contribution >= 0.6 is 11.6 Å². The minimum absolute atomic E-state index is 0.0201. The predicted molar refractivity (Wildman–Crippen MR) is 170 cm³/mol. The Morgan fingerprint density at radius 1 is 0.951 bits per heavy atom. The van der Waals surface area contributed by atoms with Crippen LogP contribution in [0.2, 0.25) is 0 Å².